The van der Waals surface area contributed by atoms with E-state index in [-0.39, 0.29) is 0 Å². The van der Waals surface area contributed by atoms with E-state index in [1.807, 2.05) is 23.1 Å². The lowest BCUT2D eigenvalue weighted by molar-refractivity contribution is 0.686. The van der Waals surface area contributed by atoms with Crippen LogP contribution in [0.15, 0.2) is 0 Å². The monoisotopic (exact) mass is 270 g/mol. The van der Waals surface area contributed by atoms with Gasteiger partial charge in [-0.25, -0.2) is 4.98 Å². The van der Waals surface area contributed by atoms with Gasteiger partial charge in [0.05, 0.1) is 5.69 Å². The van der Waals surface area contributed by atoms with Gasteiger partial charge in [-0.1, -0.05) is 20.3 Å². The van der Waals surface area contributed by atoms with Gasteiger partial charge in [0.15, 0.2) is 0 Å². The molecule has 1 aromatic heterocycles. The molecule has 1 aliphatic rings. The highest BCUT2D eigenvalue weighted by Crippen LogP contribution is 2.25. The van der Waals surface area contributed by atoms with Crippen molar-refractivity contribution >= 4 is 23.1 Å². The van der Waals surface area contributed by atoms with Crippen molar-refractivity contribution in [1.29, 1.82) is 0 Å². The molecule has 96 valence electrons. The molecule has 0 radical (unpaired) electrons. The molecule has 0 atom stereocenters. The molecule has 0 bridgehead atoms. The van der Waals surface area contributed by atoms with Crippen molar-refractivity contribution in [2.45, 2.75) is 57.9 Å². The molecule has 0 unspecified atom stereocenters. The maximum Gasteiger partial charge on any atom is 0.103 e. The summed E-state index contributed by atoms with van der Waals surface area (Å²) in [6.45, 7) is 5.48. The molecular formula is C13H22N2S2. The predicted octanol–water partition coefficient (Wildman–Crippen LogP) is 3.60. The standard InChI is InChI=1S/C13H22N2S2/c1-3-5-11-12(8-14-10-6-7-10)17-13(15-11)9-16-4-2/h10,14H,3-9H2,1-2H3. The first-order chi connectivity index (χ1) is 8.33. The second kappa shape index (κ2) is 6.76. The molecule has 1 aliphatic carbocycles. The summed E-state index contributed by atoms with van der Waals surface area (Å²) in [7, 11) is 0. The average Bonchev–Trinajstić information content (AvgIpc) is 3.08. The molecule has 1 saturated carbocycles. The Labute approximate surface area is 113 Å². The third-order valence-electron chi connectivity index (χ3n) is 2.87. The fraction of sp³-hybridized carbons (Fsp3) is 0.769. The van der Waals surface area contributed by atoms with Crippen LogP contribution in [0.1, 0.15) is 48.7 Å². The van der Waals surface area contributed by atoms with Crippen molar-refractivity contribution in [3.05, 3.63) is 15.6 Å². The lowest BCUT2D eigenvalue weighted by atomic mass is 10.2. The Hall–Kier alpha value is -0.0600. The zero-order valence-corrected chi connectivity index (χ0v) is 12.4. The molecule has 2 nitrogen and oxygen atoms in total. The van der Waals surface area contributed by atoms with Gasteiger partial charge in [0.25, 0.3) is 0 Å². The van der Waals surface area contributed by atoms with Crippen molar-refractivity contribution in [2.75, 3.05) is 5.75 Å². The molecule has 2 rings (SSSR count). The van der Waals surface area contributed by atoms with Crippen LogP contribution >= 0.6 is 23.1 Å². The number of hydrogen-bond acceptors (Lipinski definition) is 4. The number of hydrogen-bond donors (Lipinski definition) is 1. The first kappa shape index (κ1) is 13.4. The smallest absolute Gasteiger partial charge is 0.103 e. The molecule has 1 N–H and O–H groups in total. The summed E-state index contributed by atoms with van der Waals surface area (Å²) in [6.07, 6.45) is 5.05. The quantitative estimate of drug-likeness (QED) is 0.781. The molecular weight excluding hydrogens is 248 g/mol. The van der Waals surface area contributed by atoms with Crippen molar-refractivity contribution in [3.63, 3.8) is 0 Å². The Morgan fingerprint density at radius 3 is 2.88 bits per heavy atom. The van der Waals surface area contributed by atoms with Gasteiger partial charge in [0.1, 0.15) is 5.01 Å². The van der Waals surface area contributed by atoms with E-state index >= 15 is 0 Å². The van der Waals surface area contributed by atoms with Crippen LogP contribution < -0.4 is 5.32 Å². The third-order valence-corrected chi connectivity index (χ3v) is 5.03. The molecule has 1 heterocycles. The Balaban J connectivity index is 1.95. The van der Waals surface area contributed by atoms with E-state index in [9.17, 15) is 0 Å². The summed E-state index contributed by atoms with van der Waals surface area (Å²) in [6, 6.07) is 0.792. The lowest BCUT2D eigenvalue weighted by Crippen LogP contribution is -2.15. The number of aromatic nitrogens is 1. The highest BCUT2D eigenvalue weighted by atomic mass is 32.2. The summed E-state index contributed by atoms with van der Waals surface area (Å²) in [5, 5.41) is 4.92. The Morgan fingerprint density at radius 1 is 1.41 bits per heavy atom. The number of aryl methyl sites for hydroxylation is 1. The SMILES string of the molecule is CCCc1nc(CSCC)sc1CNC1CC1. The molecule has 4 heteroatoms. The summed E-state index contributed by atoms with van der Waals surface area (Å²) in [5.41, 5.74) is 1.34. The van der Waals surface area contributed by atoms with Crippen LogP contribution in [0.2, 0.25) is 0 Å². The minimum absolute atomic E-state index is 0.792. The highest BCUT2D eigenvalue weighted by Gasteiger charge is 2.21. The fourth-order valence-electron chi connectivity index (χ4n) is 1.78. The van der Waals surface area contributed by atoms with Gasteiger partial charge in [-0.05, 0) is 25.0 Å². The molecule has 0 amide bonds. The predicted molar refractivity (Wildman–Crippen MR) is 77.8 cm³/mol. The summed E-state index contributed by atoms with van der Waals surface area (Å²) in [5.74, 6) is 2.26. The van der Waals surface area contributed by atoms with Gasteiger partial charge in [-0.3, -0.25) is 0 Å². The molecule has 0 aliphatic heterocycles. The van der Waals surface area contributed by atoms with Crippen LogP contribution in [0.5, 0.6) is 0 Å². The van der Waals surface area contributed by atoms with Gasteiger partial charge in [-0.15, -0.1) is 11.3 Å². The van der Waals surface area contributed by atoms with Gasteiger partial charge in [0, 0.05) is 23.2 Å². The number of rotatable bonds is 8. The van der Waals surface area contributed by atoms with Crippen molar-refractivity contribution < 1.29 is 0 Å². The maximum atomic E-state index is 4.79. The second-order valence-corrected chi connectivity index (χ2v) is 6.96. The second-order valence-electron chi connectivity index (χ2n) is 4.52. The molecule has 0 saturated heterocycles. The fourth-order valence-corrected chi connectivity index (χ4v) is 3.57. The van der Waals surface area contributed by atoms with E-state index in [0.29, 0.717) is 0 Å². The van der Waals surface area contributed by atoms with Gasteiger partial charge < -0.3 is 5.32 Å². The molecule has 1 fully saturated rings. The van der Waals surface area contributed by atoms with E-state index in [1.165, 1.54) is 40.6 Å². The molecule has 17 heavy (non-hydrogen) atoms. The molecule has 0 aromatic carbocycles. The van der Waals surface area contributed by atoms with Crippen LogP contribution in [0, 0.1) is 0 Å². The Morgan fingerprint density at radius 2 is 2.24 bits per heavy atom. The zero-order valence-electron chi connectivity index (χ0n) is 10.8. The summed E-state index contributed by atoms with van der Waals surface area (Å²) < 4.78 is 0. The van der Waals surface area contributed by atoms with E-state index in [1.54, 1.807) is 0 Å². The van der Waals surface area contributed by atoms with Crippen LogP contribution in [-0.2, 0) is 18.7 Å². The summed E-state index contributed by atoms with van der Waals surface area (Å²) >= 11 is 3.88. The van der Waals surface area contributed by atoms with Crippen LogP contribution in [0.4, 0.5) is 0 Å². The third kappa shape index (κ3) is 4.27. The highest BCUT2D eigenvalue weighted by molar-refractivity contribution is 7.98. The van der Waals surface area contributed by atoms with Crippen LogP contribution in [-0.4, -0.2) is 16.8 Å². The number of nitrogens with zero attached hydrogens (tertiary/aromatic N) is 1. The number of nitrogens with one attached hydrogen (secondary N) is 1. The Kier molecular flexibility index (Phi) is 5.32. The lowest BCUT2D eigenvalue weighted by Gasteiger charge is -2.01. The van der Waals surface area contributed by atoms with E-state index in [0.717, 1.165) is 24.8 Å². The van der Waals surface area contributed by atoms with Gasteiger partial charge in [-0.2, -0.15) is 11.8 Å². The zero-order chi connectivity index (χ0) is 12.1. The van der Waals surface area contributed by atoms with Gasteiger partial charge >= 0.3 is 0 Å². The van der Waals surface area contributed by atoms with Crippen LogP contribution in [0.3, 0.4) is 0 Å². The van der Waals surface area contributed by atoms with Crippen molar-refractivity contribution in [3.8, 4) is 0 Å². The topological polar surface area (TPSA) is 24.9 Å². The minimum Gasteiger partial charge on any atom is -0.309 e. The molecule has 1 aromatic rings. The number of thiazole rings is 1. The van der Waals surface area contributed by atoms with E-state index in [4.69, 9.17) is 4.98 Å². The van der Waals surface area contributed by atoms with Crippen molar-refractivity contribution in [2.24, 2.45) is 0 Å². The van der Waals surface area contributed by atoms with Gasteiger partial charge in [0.2, 0.25) is 0 Å². The minimum atomic E-state index is 0.792. The van der Waals surface area contributed by atoms with Crippen LogP contribution in [0.25, 0.3) is 0 Å². The first-order valence-electron chi connectivity index (χ1n) is 6.62. The normalized spacial score (nSPS) is 15.4. The first-order valence-corrected chi connectivity index (χ1v) is 8.59. The maximum absolute atomic E-state index is 4.79. The average molecular weight is 270 g/mol. The van der Waals surface area contributed by atoms with E-state index in [2.05, 4.69) is 19.2 Å². The number of thioether (sulfide) groups is 1. The van der Waals surface area contributed by atoms with E-state index < -0.39 is 0 Å². The Bertz CT molecular complexity index is 345. The van der Waals surface area contributed by atoms with Crippen molar-refractivity contribution in [1.82, 2.24) is 10.3 Å². The largest absolute Gasteiger partial charge is 0.309 e. The summed E-state index contributed by atoms with van der Waals surface area (Å²) in [4.78, 5) is 6.27. The molecule has 0 spiro atoms.